The molecule has 0 fully saturated rings. The van der Waals surface area contributed by atoms with Gasteiger partial charge in [-0.3, -0.25) is 4.68 Å². The summed E-state index contributed by atoms with van der Waals surface area (Å²) in [6.45, 7) is 4.36. The normalized spacial score (nSPS) is 21.1. The topological polar surface area (TPSA) is 29.9 Å². The molecule has 1 unspecified atom stereocenters. The molecule has 1 N–H and O–H groups in total. The molecule has 0 aromatic carbocycles. The Morgan fingerprint density at radius 2 is 2.38 bits per heavy atom. The van der Waals surface area contributed by atoms with Crippen LogP contribution in [-0.2, 0) is 6.42 Å². The summed E-state index contributed by atoms with van der Waals surface area (Å²) in [5, 5.41) is 7.73. The molecule has 0 saturated carbocycles. The molecule has 1 aliphatic rings. The molecule has 13 heavy (non-hydrogen) atoms. The zero-order valence-electron chi connectivity index (χ0n) is 8.54. The fourth-order valence-electron chi connectivity index (χ4n) is 2.13. The summed E-state index contributed by atoms with van der Waals surface area (Å²) < 4.78 is 2.15. The van der Waals surface area contributed by atoms with E-state index >= 15 is 0 Å². The molecule has 72 valence electrons. The predicted molar refractivity (Wildman–Crippen MR) is 52.7 cm³/mol. The van der Waals surface area contributed by atoms with E-state index in [2.05, 4.69) is 28.9 Å². The Morgan fingerprint density at radius 3 is 3.00 bits per heavy atom. The van der Waals surface area contributed by atoms with Crippen molar-refractivity contribution in [3.05, 3.63) is 17.5 Å². The number of nitrogens with one attached hydrogen (secondary N) is 1. The molecule has 0 aliphatic heterocycles. The molecule has 3 nitrogen and oxygen atoms in total. The first-order valence-electron chi connectivity index (χ1n) is 4.97. The first-order chi connectivity index (χ1) is 6.24. The van der Waals surface area contributed by atoms with E-state index in [1.54, 1.807) is 0 Å². The van der Waals surface area contributed by atoms with Gasteiger partial charge < -0.3 is 5.32 Å². The van der Waals surface area contributed by atoms with Gasteiger partial charge in [-0.1, -0.05) is 0 Å². The second kappa shape index (κ2) is 3.14. The van der Waals surface area contributed by atoms with Gasteiger partial charge in [0, 0.05) is 23.3 Å². The highest BCUT2D eigenvalue weighted by molar-refractivity contribution is 5.27. The van der Waals surface area contributed by atoms with Crippen molar-refractivity contribution in [3.8, 4) is 0 Å². The number of aromatic nitrogens is 2. The maximum absolute atomic E-state index is 4.41. The largest absolute Gasteiger partial charge is 0.313 e. The van der Waals surface area contributed by atoms with Gasteiger partial charge in [0.05, 0.1) is 6.20 Å². The van der Waals surface area contributed by atoms with Crippen LogP contribution in [0.4, 0.5) is 0 Å². The van der Waals surface area contributed by atoms with Crippen LogP contribution in [-0.4, -0.2) is 16.8 Å². The van der Waals surface area contributed by atoms with Crippen LogP contribution in [0.2, 0.25) is 0 Å². The van der Waals surface area contributed by atoms with Crippen molar-refractivity contribution in [2.24, 2.45) is 0 Å². The second-order valence-electron chi connectivity index (χ2n) is 3.96. The molecule has 3 heteroatoms. The fraction of sp³-hybridized carbons (Fsp3) is 0.700. The fourth-order valence-corrected chi connectivity index (χ4v) is 2.13. The highest BCUT2D eigenvalue weighted by Gasteiger charge is 2.25. The Hall–Kier alpha value is -0.830. The lowest BCUT2D eigenvalue weighted by Gasteiger charge is -2.08. The van der Waals surface area contributed by atoms with Crippen LogP contribution in [0.3, 0.4) is 0 Å². The number of fused-ring (bicyclic) bond motifs is 1. The SMILES string of the molecule is CNC1CCc2c1cnn2C(C)C. The lowest BCUT2D eigenvalue weighted by Crippen LogP contribution is -2.12. The zero-order chi connectivity index (χ0) is 9.42. The van der Waals surface area contributed by atoms with E-state index in [1.165, 1.54) is 24.1 Å². The average Bonchev–Trinajstić information content (AvgIpc) is 2.61. The Labute approximate surface area is 79.1 Å². The van der Waals surface area contributed by atoms with Crippen molar-refractivity contribution in [2.45, 2.75) is 38.8 Å². The van der Waals surface area contributed by atoms with E-state index in [-0.39, 0.29) is 0 Å². The van der Waals surface area contributed by atoms with Crippen molar-refractivity contribution >= 4 is 0 Å². The molecule has 1 heterocycles. The van der Waals surface area contributed by atoms with Gasteiger partial charge in [-0.25, -0.2) is 0 Å². The number of hydrogen-bond acceptors (Lipinski definition) is 2. The van der Waals surface area contributed by atoms with Gasteiger partial charge in [-0.2, -0.15) is 5.10 Å². The number of rotatable bonds is 2. The van der Waals surface area contributed by atoms with Crippen molar-refractivity contribution in [1.82, 2.24) is 15.1 Å². The van der Waals surface area contributed by atoms with Crippen LogP contribution in [0.15, 0.2) is 6.20 Å². The van der Waals surface area contributed by atoms with E-state index < -0.39 is 0 Å². The monoisotopic (exact) mass is 179 g/mol. The van der Waals surface area contributed by atoms with Crippen LogP contribution >= 0.6 is 0 Å². The Bertz CT molecular complexity index is 301. The first kappa shape index (κ1) is 8.75. The summed E-state index contributed by atoms with van der Waals surface area (Å²) in [5.74, 6) is 0. The molecule has 1 aromatic rings. The molecule has 0 saturated heterocycles. The van der Waals surface area contributed by atoms with Gasteiger partial charge in [0.15, 0.2) is 0 Å². The minimum Gasteiger partial charge on any atom is -0.313 e. The summed E-state index contributed by atoms with van der Waals surface area (Å²) in [7, 11) is 2.02. The molecule has 1 aliphatic carbocycles. The molecule has 0 amide bonds. The predicted octanol–water partition coefficient (Wildman–Crippen LogP) is 1.67. The molecule has 0 spiro atoms. The van der Waals surface area contributed by atoms with Crippen LogP contribution in [0, 0.1) is 0 Å². The third-order valence-electron chi connectivity index (χ3n) is 2.81. The first-order valence-corrected chi connectivity index (χ1v) is 4.97. The third kappa shape index (κ3) is 1.27. The minimum absolute atomic E-state index is 0.486. The molecule has 1 atom stereocenters. The summed E-state index contributed by atoms with van der Waals surface area (Å²) in [6, 6.07) is 1.02. The number of nitrogens with zero attached hydrogens (tertiary/aromatic N) is 2. The van der Waals surface area contributed by atoms with Gasteiger partial charge in [0.1, 0.15) is 0 Å². The van der Waals surface area contributed by atoms with Crippen LogP contribution in [0.1, 0.15) is 43.6 Å². The minimum atomic E-state index is 0.486. The van der Waals surface area contributed by atoms with Crippen LogP contribution in [0.25, 0.3) is 0 Å². The third-order valence-corrected chi connectivity index (χ3v) is 2.81. The highest BCUT2D eigenvalue weighted by atomic mass is 15.3. The van der Waals surface area contributed by atoms with Gasteiger partial charge in [0.25, 0.3) is 0 Å². The van der Waals surface area contributed by atoms with Gasteiger partial charge in [0.2, 0.25) is 0 Å². The lowest BCUT2D eigenvalue weighted by molar-refractivity contribution is 0.506. The maximum atomic E-state index is 4.41. The van der Waals surface area contributed by atoms with Crippen molar-refractivity contribution in [3.63, 3.8) is 0 Å². The van der Waals surface area contributed by atoms with Gasteiger partial charge in [-0.15, -0.1) is 0 Å². The van der Waals surface area contributed by atoms with Crippen LogP contribution < -0.4 is 5.32 Å². The molecule has 0 bridgehead atoms. The van der Waals surface area contributed by atoms with Crippen molar-refractivity contribution < 1.29 is 0 Å². The molecular formula is C10H17N3. The highest BCUT2D eigenvalue weighted by Crippen LogP contribution is 2.31. The average molecular weight is 179 g/mol. The van der Waals surface area contributed by atoms with E-state index in [1.807, 2.05) is 13.2 Å². The van der Waals surface area contributed by atoms with Crippen molar-refractivity contribution in [1.29, 1.82) is 0 Å². The molecule has 0 radical (unpaired) electrons. The smallest absolute Gasteiger partial charge is 0.0540 e. The lowest BCUT2D eigenvalue weighted by atomic mass is 10.2. The standard InChI is InChI=1S/C10H17N3/c1-7(2)13-10-5-4-9(11-3)8(10)6-12-13/h6-7,9,11H,4-5H2,1-3H3. The van der Waals surface area contributed by atoms with E-state index in [4.69, 9.17) is 0 Å². The molecule has 2 rings (SSSR count). The quantitative estimate of drug-likeness (QED) is 0.748. The van der Waals surface area contributed by atoms with Crippen LogP contribution in [0.5, 0.6) is 0 Å². The van der Waals surface area contributed by atoms with E-state index in [0.717, 1.165) is 0 Å². The van der Waals surface area contributed by atoms with E-state index in [9.17, 15) is 0 Å². The van der Waals surface area contributed by atoms with E-state index in [0.29, 0.717) is 12.1 Å². The molecule has 1 aromatic heterocycles. The summed E-state index contributed by atoms with van der Waals surface area (Å²) in [4.78, 5) is 0. The molecular weight excluding hydrogens is 162 g/mol. The Kier molecular flexibility index (Phi) is 2.12. The van der Waals surface area contributed by atoms with Gasteiger partial charge in [-0.05, 0) is 33.7 Å². The zero-order valence-corrected chi connectivity index (χ0v) is 8.54. The Morgan fingerprint density at radius 1 is 1.62 bits per heavy atom. The maximum Gasteiger partial charge on any atom is 0.0540 e. The Balaban J connectivity index is 2.36. The van der Waals surface area contributed by atoms with Gasteiger partial charge >= 0.3 is 0 Å². The van der Waals surface area contributed by atoms with Crippen molar-refractivity contribution in [2.75, 3.05) is 7.05 Å². The summed E-state index contributed by atoms with van der Waals surface area (Å²) in [5.41, 5.74) is 2.82. The summed E-state index contributed by atoms with van der Waals surface area (Å²) in [6.07, 6.45) is 4.40. The number of hydrogen-bond donors (Lipinski definition) is 1. The second-order valence-corrected chi connectivity index (χ2v) is 3.96. The summed E-state index contributed by atoms with van der Waals surface area (Å²) >= 11 is 0.